The van der Waals surface area contributed by atoms with Crippen molar-refractivity contribution in [3.8, 4) is 0 Å². The Balaban J connectivity index is 1.49. The smallest absolute Gasteiger partial charge is 0.332 e. The third-order valence-corrected chi connectivity index (χ3v) is 8.13. The van der Waals surface area contributed by atoms with Crippen LogP contribution in [0.25, 0.3) is 0 Å². The largest absolute Gasteiger partial charge is 0.461 e. The van der Waals surface area contributed by atoms with Gasteiger partial charge in [0.1, 0.15) is 13.2 Å². The molecule has 0 aliphatic rings. The molecule has 4 rings (SSSR count). The molecule has 0 saturated carbocycles. The second-order valence-electron chi connectivity index (χ2n) is 9.45. The highest BCUT2D eigenvalue weighted by atomic mass is 31.2. The third kappa shape index (κ3) is 10.5. The van der Waals surface area contributed by atoms with Gasteiger partial charge in [-0.05, 0) is 22.3 Å². The van der Waals surface area contributed by atoms with Gasteiger partial charge in [0, 0.05) is 0 Å². The SMILES string of the molecule is O=C(CC(CP(=O)(OCc1ccccc1)OCc1ccccc1)C(=O)OCc1ccccc1)OCc1ccccc1. The Morgan fingerprint density at radius 3 is 1.32 bits per heavy atom. The Labute approximate surface area is 240 Å². The highest BCUT2D eigenvalue weighted by Crippen LogP contribution is 2.52. The first-order valence-electron chi connectivity index (χ1n) is 13.4. The Morgan fingerprint density at radius 2 is 0.902 bits per heavy atom. The molecular formula is C33H33O7P. The molecule has 4 aromatic carbocycles. The number of esters is 2. The molecule has 0 amide bonds. The number of hydrogen-bond donors (Lipinski definition) is 0. The van der Waals surface area contributed by atoms with E-state index in [0.29, 0.717) is 0 Å². The maximum absolute atomic E-state index is 14.1. The summed E-state index contributed by atoms with van der Waals surface area (Å²) in [7, 11) is -3.90. The molecule has 1 atom stereocenters. The van der Waals surface area contributed by atoms with Crippen molar-refractivity contribution < 1.29 is 32.7 Å². The number of ether oxygens (including phenoxy) is 2. The lowest BCUT2D eigenvalue weighted by molar-refractivity contribution is -0.156. The minimum Gasteiger partial charge on any atom is -0.461 e. The Kier molecular flexibility index (Phi) is 11.4. The number of carbonyl (C=O) groups excluding carboxylic acids is 2. The van der Waals surface area contributed by atoms with E-state index in [9.17, 15) is 14.2 Å². The zero-order valence-electron chi connectivity index (χ0n) is 22.7. The van der Waals surface area contributed by atoms with Gasteiger partial charge in [-0.3, -0.25) is 14.2 Å². The van der Waals surface area contributed by atoms with Gasteiger partial charge in [-0.2, -0.15) is 0 Å². The number of rotatable bonds is 15. The first-order valence-corrected chi connectivity index (χ1v) is 15.1. The molecule has 0 fully saturated rings. The molecule has 0 bridgehead atoms. The van der Waals surface area contributed by atoms with Crippen LogP contribution in [0.5, 0.6) is 0 Å². The van der Waals surface area contributed by atoms with E-state index in [1.54, 1.807) is 0 Å². The lowest BCUT2D eigenvalue weighted by atomic mass is 10.1. The fraction of sp³-hybridized carbons (Fsp3) is 0.212. The summed E-state index contributed by atoms with van der Waals surface area (Å²) in [5.74, 6) is -2.41. The molecule has 0 spiro atoms. The van der Waals surface area contributed by atoms with E-state index < -0.39 is 25.5 Å². The Morgan fingerprint density at radius 1 is 0.537 bits per heavy atom. The van der Waals surface area contributed by atoms with E-state index in [1.807, 2.05) is 121 Å². The van der Waals surface area contributed by atoms with Crippen molar-refractivity contribution in [2.75, 3.05) is 6.16 Å². The van der Waals surface area contributed by atoms with Gasteiger partial charge in [-0.15, -0.1) is 0 Å². The molecule has 41 heavy (non-hydrogen) atoms. The van der Waals surface area contributed by atoms with E-state index in [-0.39, 0.29) is 39.0 Å². The molecule has 0 N–H and O–H groups in total. The Hall–Kier alpha value is -4.03. The van der Waals surface area contributed by atoms with Crippen LogP contribution in [0.15, 0.2) is 121 Å². The van der Waals surface area contributed by atoms with Crippen molar-refractivity contribution in [3.63, 3.8) is 0 Å². The number of benzene rings is 4. The zero-order valence-corrected chi connectivity index (χ0v) is 23.6. The maximum atomic E-state index is 14.1. The minimum atomic E-state index is -3.90. The molecule has 0 aromatic heterocycles. The average Bonchev–Trinajstić information content (AvgIpc) is 3.02. The van der Waals surface area contributed by atoms with E-state index in [4.69, 9.17) is 18.5 Å². The lowest BCUT2D eigenvalue weighted by Crippen LogP contribution is -2.26. The topological polar surface area (TPSA) is 88.1 Å². The maximum Gasteiger partial charge on any atom is 0.332 e. The van der Waals surface area contributed by atoms with Crippen LogP contribution in [0.4, 0.5) is 0 Å². The summed E-state index contributed by atoms with van der Waals surface area (Å²) < 4.78 is 36.8. The summed E-state index contributed by atoms with van der Waals surface area (Å²) in [5.41, 5.74) is 3.19. The van der Waals surface area contributed by atoms with Crippen molar-refractivity contribution in [1.29, 1.82) is 0 Å². The number of hydrogen-bond acceptors (Lipinski definition) is 7. The number of carbonyl (C=O) groups is 2. The molecule has 7 nitrogen and oxygen atoms in total. The summed E-state index contributed by atoms with van der Waals surface area (Å²) >= 11 is 0. The lowest BCUT2D eigenvalue weighted by Gasteiger charge is -2.23. The molecule has 1 unspecified atom stereocenters. The zero-order chi connectivity index (χ0) is 28.8. The molecule has 0 aliphatic heterocycles. The van der Waals surface area contributed by atoms with E-state index >= 15 is 0 Å². The van der Waals surface area contributed by atoms with Crippen LogP contribution in [0.2, 0.25) is 0 Å². The molecule has 0 radical (unpaired) electrons. The van der Waals surface area contributed by atoms with Crippen LogP contribution in [0.1, 0.15) is 28.7 Å². The minimum absolute atomic E-state index is 0.00921. The second kappa shape index (κ2) is 15.7. The van der Waals surface area contributed by atoms with Gasteiger partial charge in [0.25, 0.3) is 0 Å². The standard InChI is InChI=1S/C33H33O7P/c34-32(37-22-27-13-5-1-6-14-27)21-31(33(35)38-23-28-15-7-2-8-16-28)26-41(36,39-24-29-17-9-3-10-18-29)40-25-30-19-11-4-12-20-30/h1-20,31H,21-26H2. The molecule has 4 aromatic rings. The molecule has 0 heterocycles. The first-order chi connectivity index (χ1) is 20.0. The monoisotopic (exact) mass is 572 g/mol. The van der Waals surface area contributed by atoms with Crippen LogP contribution < -0.4 is 0 Å². The summed E-state index contributed by atoms with van der Waals surface area (Å²) in [6.07, 6.45) is -0.686. The van der Waals surface area contributed by atoms with E-state index in [2.05, 4.69) is 0 Å². The van der Waals surface area contributed by atoms with Crippen LogP contribution >= 0.6 is 7.60 Å². The predicted molar refractivity (Wildman–Crippen MR) is 156 cm³/mol. The summed E-state index contributed by atoms with van der Waals surface area (Å²) in [4.78, 5) is 26.1. The molecule has 8 heteroatoms. The van der Waals surface area contributed by atoms with Gasteiger partial charge in [0.05, 0.1) is 31.7 Å². The van der Waals surface area contributed by atoms with E-state index in [0.717, 1.165) is 22.3 Å². The molecule has 0 aliphatic carbocycles. The van der Waals surface area contributed by atoms with Crippen molar-refractivity contribution in [2.45, 2.75) is 32.8 Å². The fourth-order valence-corrected chi connectivity index (χ4v) is 5.77. The summed E-state index contributed by atoms with van der Waals surface area (Å²) in [6, 6.07) is 36.9. The molecule has 0 saturated heterocycles. The predicted octanol–water partition coefficient (Wildman–Crippen LogP) is 7.11. The third-order valence-electron chi connectivity index (χ3n) is 6.20. The second-order valence-corrected chi connectivity index (χ2v) is 11.6. The normalized spacial score (nSPS) is 11.9. The van der Waals surface area contributed by atoms with Crippen molar-refractivity contribution in [1.82, 2.24) is 0 Å². The van der Waals surface area contributed by atoms with Crippen LogP contribution in [0, 0.1) is 5.92 Å². The molecule has 212 valence electrons. The Bertz CT molecular complexity index is 1350. The van der Waals surface area contributed by atoms with Gasteiger partial charge in [-0.1, -0.05) is 121 Å². The van der Waals surface area contributed by atoms with Crippen LogP contribution in [-0.2, 0) is 59.1 Å². The van der Waals surface area contributed by atoms with Gasteiger partial charge in [0.15, 0.2) is 0 Å². The van der Waals surface area contributed by atoms with Gasteiger partial charge in [-0.25, -0.2) is 0 Å². The van der Waals surface area contributed by atoms with Crippen molar-refractivity contribution in [2.24, 2.45) is 5.92 Å². The van der Waals surface area contributed by atoms with Crippen LogP contribution in [0.3, 0.4) is 0 Å². The van der Waals surface area contributed by atoms with Gasteiger partial charge >= 0.3 is 19.5 Å². The van der Waals surface area contributed by atoms with Crippen molar-refractivity contribution >= 4 is 19.5 Å². The fourth-order valence-electron chi connectivity index (χ4n) is 3.97. The highest BCUT2D eigenvalue weighted by molar-refractivity contribution is 7.53. The summed E-state index contributed by atoms with van der Waals surface area (Å²) in [5, 5.41) is 0. The van der Waals surface area contributed by atoms with Crippen molar-refractivity contribution in [3.05, 3.63) is 144 Å². The van der Waals surface area contributed by atoms with Crippen LogP contribution in [-0.4, -0.2) is 18.1 Å². The quantitative estimate of drug-likeness (QED) is 0.111. The first kappa shape index (κ1) is 29.9. The van der Waals surface area contributed by atoms with E-state index in [1.165, 1.54) is 0 Å². The highest BCUT2D eigenvalue weighted by Gasteiger charge is 2.36. The molecular weight excluding hydrogens is 539 g/mol. The summed E-state index contributed by atoms with van der Waals surface area (Å²) in [6.45, 7) is 0.0850. The van der Waals surface area contributed by atoms with Gasteiger partial charge in [0.2, 0.25) is 0 Å². The average molecular weight is 573 g/mol. The van der Waals surface area contributed by atoms with Gasteiger partial charge < -0.3 is 18.5 Å².